The minimum absolute atomic E-state index is 0.271. The van der Waals surface area contributed by atoms with Crippen LogP contribution in [0.15, 0.2) is 43.0 Å². The molecule has 3 rings (SSSR count). The second kappa shape index (κ2) is 8.43. The summed E-state index contributed by atoms with van der Waals surface area (Å²) in [4.78, 5) is 12.0. The molecule has 142 valence electrons. The lowest BCUT2D eigenvalue weighted by molar-refractivity contribution is 0.252. The van der Waals surface area contributed by atoms with Crippen LogP contribution in [-0.2, 0) is 13.0 Å². The first-order chi connectivity index (χ1) is 13.0. The van der Waals surface area contributed by atoms with Crippen LogP contribution in [0.4, 0.5) is 14.9 Å². The fraction of sp³-hybridized carbons (Fsp3) is 0.333. The highest BCUT2D eigenvalue weighted by molar-refractivity contribution is 5.88. The molecule has 2 aromatic heterocycles. The predicted octanol–water partition coefficient (Wildman–Crippen LogP) is 2.61. The van der Waals surface area contributed by atoms with Gasteiger partial charge in [-0.1, -0.05) is 12.1 Å². The molecule has 0 aliphatic heterocycles. The Kier molecular flexibility index (Phi) is 5.80. The van der Waals surface area contributed by atoms with Crippen molar-refractivity contribution in [3.8, 4) is 0 Å². The summed E-state index contributed by atoms with van der Waals surface area (Å²) < 4.78 is 16.8. The molecule has 0 spiro atoms. The largest absolute Gasteiger partial charge is 0.337 e. The summed E-state index contributed by atoms with van der Waals surface area (Å²) in [5.74, 6) is 0.541. The first-order valence-corrected chi connectivity index (χ1v) is 8.71. The molecule has 27 heavy (non-hydrogen) atoms. The molecule has 2 amide bonds. The maximum Gasteiger partial charge on any atom is 0.319 e. The molecule has 9 heteroatoms. The molecule has 2 N–H and O–H groups in total. The first-order valence-electron chi connectivity index (χ1n) is 8.71. The summed E-state index contributed by atoms with van der Waals surface area (Å²) in [6.07, 6.45) is 5.52. The van der Waals surface area contributed by atoms with E-state index in [0.717, 1.165) is 11.4 Å². The average Bonchev–Trinajstić information content (AvgIpc) is 3.24. The monoisotopic (exact) mass is 371 g/mol. The van der Waals surface area contributed by atoms with Crippen molar-refractivity contribution >= 4 is 11.7 Å². The number of urea groups is 1. The van der Waals surface area contributed by atoms with Crippen molar-refractivity contribution in [2.75, 3.05) is 11.9 Å². The molecule has 0 aliphatic carbocycles. The number of hydrogen-bond donors (Lipinski definition) is 2. The number of carbonyl (C=O) groups is 1. The number of anilines is 1. The van der Waals surface area contributed by atoms with Gasteiger partial charge in [0.1, 0.15) is 18.0 Å². The molecule has 2 heterocycles. The number of nitrogens with one attached hydrogen (secondary N) is 2. The van der Waals surface area contributed by atoms with Gasteiger partial charge in [0.05, 0.1) is 18.4 Å². The Hall–Kier alpha value is -3.23. The van der Waals surface area contributed by atoms with Crippen molar-refractivity contribution in [3.63, 3.8) is 0 Å². The fourth-order valence-corrected chi connectivity index (χ4v) is 2.68. The van der Waals surface area contributed by atoms with Gasteiger partial charge in [0.25, 0.3) is 0 Å². The third-order valence-electron chi connectivity index (χ3n) is 3.96. The summed E-state index contributed by atoms with van der Waals surface area (Å²) in [5, 5.41) is 17.7. The molecule has 8 nitrogen and oxygen atoms in total. The van der Waals surface area contributed by atoms with Crippen molar-refractivity contribution in [1.29, 1.82) is 0 Å². The molecule has 0 saturated carbocycles. The van der Waals surface area contributed by atoms with Crippen LogP contribution in [0, 0.1) is 5.82 Å². The van der Waals surface area contributed by atoms with E-state index < -0.39 is 0 Å². The number of rotatable bonds is 7. The Bertz CT molecular complexity index is 903. The minimum Gasteiger partial charge on any atom is -0.337 e. The van der Waals surface area contributed by atoms with Crippen LogP contribution in [-0.4, -0.2) is 37.1 Å². The van der Waals surface area contributed by atoms with Crippen LogP contribution in [0.2, 0.25) is 0 Å². The molecule has 0 saturated heterocycles. The minimum atomic E-state index is -0.323. The maximum atomic E-state index is 13.2. The molecule has 0 aliphatic rings. The fourth-order valence-electron chi connectivity index (χ4n) is 2.68. The van der Waals surface area contributed by atoms with Gasteiger partial charge in [0.15, 0.2) is 0 Å². The second-order valence-electron chi connectivity index (χ2n) is 6.44. The van der Waals surface area contributed by atoms with E-state index in [4.69, 9.17) is 0 Å². The first kappa shape index (κ1) is 18.6. The van der Waals surface area contributed by atoms with Gasteiger partial charge in [-0.25, -0.2) is 9.18 Å². The zero-order valence-corrected chi connectivity index (χ0v) is 15.3. The lowest BCUT2D eigenvalue weighted by Gasteiger charge is -2.10. The highest BCUT2D eigenvalue weighted by Crippen LogP contribution is 2.09. The average molecular weight is 371 g/mol. The number of nitrogens with zero attached hydrogens (tertiary/aromatic N) is 5. The van der Waals surface area contributed by atoms with Crippen LogP contribution in [0.1, 0.15) is 31.3 Å². The van der Waals surface area contributed by atoms with E-state index in [1.807, 2.05) is 10.6 Å². The third-order valence-corrected chi connectivity index (χ3v) is 3.96. The van der Waals surface area contributed by atoms with Gasteiger partial charge in [-0.15, -0.1) is 10.2 Å². The number of hydrogen-bond acceptors (Lipinski definition) is 4. The van der Waals surface area contributed by atoms with E-state index in [9.17, 15) is 9.18 Å². The topological polar surface area (TPSA) is 89.7 Å². The van der Waals surface area contributed by atoms with Crippen LogP contribution in [0.25, 0.3) is 0 Å². The Labute approximate surface area is 156 Å². The maximum absolute atomic E-state index is 13.2. The molecular weight excluding hydrogens is 349 g/mol. The van der Waals surface area contributed by atoms with Gasteiger partial charge in [0.2, 0.25) is 0 Å². The summed E-state index contributed by atoms with van der Waals surface area (Å²) in [6.45, 7) is 4.96. The quantitative estimate of drug-likeness (QED) is 0.668. The molecule has 0 unspecified atom stereocenters. The lowest BCUT2D eigenvalue weighted by atomic mass is 10.2. The van der Waals surface area contributed by atoms with Gasteiger partial charge in [-0.05, 0) is 31.5 Å². The van der Waals surface area contributed by atoms with Gasteiger partial charge < -0.3 is 15.2 Å². The lowest BCUT2D eigenvalue weighted by Crippen LogP contribution is -2.30. The van der Waals surface area contributed by atoms with Crippen LogP contribution in [0.5, 0.6) is 0 Å². The molecule has 3 aromatic rings. The standard InChI is InChI=1S/C18H22FN7O/c1-13(2)26-12-21-24-17(26)6-7-20-18(27)23-16-9-22-25(11-16)10-14-4-3-5-15(19)8-14/h3-5,8-9,11-13H,6-7,10H2,1-2H3,(H2,20,23,27). The van der Waals surface area contributed by atoms with E-state index in [0.29, 0.717) is 25.2 Å². The summed E-state index contributed by atoms with van der Waals surface area (Å²) in [7, 11) is 0. The van der Waals surface area contributed by atoms with Crippen molar-refractivity contribution < 1.29 is 9.18 Å². The van der Waals surface area contributed by atoms with Gasteiger partial charge in [0, 0.05) is 25.2 Å². The Morgan fingerprint density at radius 2 is 2.19 bits per heavy atom. The zero-order chi connectivity index (χ0) is 19.2. The second-order valence-corrected chi connectivity index (χ2v) is 6.44. The predicted molar refractivity (Wildman–Crippen MR) is 98.9 cm³/mol. The number of benzene rings is 1. The smallest absolute Gasteiger partial charge is 0.319 e. The molecular formula is C18H22FN7O. The zero-order valence-electron chi connectivity index (χ0n) is 15.3. The Balaban J connectivity index is 1.47. The summed E-state index contributed by atoms with van der Waals surface area (Å²) in [5.41, 5.74) is 1.36. The Morgan fingerprint density at radius 1 is 1.33 bits per heavy atom. The van der Waals surface area contributed by atoms with Crippen LogP contribution < -0.4 is 10.6 Å². The van der Waals surface area contributed by atoms with Crippen LogP contribution >= 0.6 is 0 Å². The van der Waals surface area contributed by atoms with Crippen molar-refractivity contribution in [2.45, 2.75) is 32.9 Å². The van der Waals surface area contributed by atoms with E-state index in [1.54, 1.807) is 29.5 Å². The molecule has 0 atom stereocenters. The van der Waals surface area contributed by atoms with E-state index in [2.05, 4.69) is 39.8 Å². The highest BCUT2D eigenvalue weighted by Gasteiger charge is 2.09. The van der Waals surface area contributed by atoms with Crippen molar-refractivity contribution in [2.24, 2.45) is 0 Å². The molecule has 1 aromatic carbocycles. The van der Waals surface area contributed by atoms with Crippen molar-refractivity contribution in [3.05, 3.63) is 60.2 Å². The summed E-state index contributed by atoms with van der Waals surface area (Å²) in [6, 6.07) is 6.27. The van der Waals surface area contributed by atoms with Gasteiger partial charge >= 0.3 is 6.03 Å². The van der Waals surface area contributed by atoms with E-state index in [1.165, 1.54) is 12.1 Å². The summed E-state index contributed by atoms with van der Waals surface area (Å²) >= 11 is 0. The normalized spacial score (nSPS) is 11.0. The highest BCUT2D eigenvalue weighted by atomic mass is 19.1. The molecule has 0 bridgehead atoms. The number of carbonyl (C=O) groups excluding carboxylic acids is 1. The number of halogens is 1. The van der Waals surface area contributed by atoms with Crippen LogP contribution in [0.3, 0.4) is 0 Å². The Morgan fingerprint density at radius 3 is 2.96 bits per heavy atom. The third kappa shape index (κ3) is 5.13. The van der Waals surface area contributed by atoms with E-state index >= 15 is 0 Å². The number of aromatic nitrogens is 5. The molecule has 0 radical (unpaired) electrons. The van der Waals surface area contributed by atoms with Gasteiger partial charge in [-0.3, -0.25) is 4.68 Å². The van der Waals surface area contributed by atoms with Crippen molar-refractivity contribution in [1.82, 2.24) is 29.9 Å². The number of amides is 2. The van der Waals surface area contributed by atoms with Gasteiger partial charge in [-0.2, -0.15) is 5.10 Å². The SMILES string of the molecule is CC(C)n1cnnc1CCNC(=O)Nc1cnn(Cc2cccc(F)c2)c1. The van der Waals surface area contributed by atoms with E-state index in [-0.39, 0.29) is 17.9 Å². The molecule has 0 fully saturated rings.